The van der Waals surface area contributed by atoms with E-state index < -0.39 is 17.3 Å². The SMILES string of the molecule is CC1(C)CCN(C2[C@@H]3CC4C[C@H]2CC(O)(C4)C3)C(=O)c2cnn(-c3ccc(C(F)(F)F)cc3)c21. The van der Waals surface area contributed by atoms with Crippen LogP contribution in [-0.2, 0) is 11.6 Å². The Morgan fingerprint density at radius 1 is 1.06 bits per heavy atom. The van der Waals surface area contributed by atoms with E-state index in [1.54, 1.807) is 10.9 Å². The van der Waals surface area contributed by atoms with Gasteiger partial charge >= 0.3 is 6.18 Å². The number of amides is 1. The first-order valence-electron chi connectivity index (χ1n) is 12.2. The number of carbonyl (C=O) groups excluding carboxylic acids is 1. The standard InChI is InChI=1S/C26H30F3N3O2/c1-24(2)7-8-31(21-16-9-15-10-17(21)13-25(34,11-15)12-16)23(33)20-14-30-32(22(20)24)19-5-3-18(4-6-19)26(27,28)29/h3-6,14-17,21,34H,7-13H2,1-2H3/t15?,16-,17+,21?,25?. The predicted molar refractivity (Wildman–Crippen MR) is 120 cm³/mol. The number of carbonyl (C=O) groups is 1. The molecule has 1 amide bonds. The van der Waals surface area contributed by atoms with Crippen LogP contribution < -0.4 is 0 Å². The molecule has 0 spiro atoms. The van der Waals surface area contributed by atoms with Gasteiger partial charge in [-0.3, -0.25) is 4.79 Å². The molecule has 2 heterocycles. The summed E-state index contributed by atoms with van der Waals surface area (Å²) in [6, 6.07) is 5.08. The van der Waals surface area contributed by atoms with Crippen LogP contribution in [0.1, 0.15) is 74.0 Å². The third-order valence-electron chi connectivity index (χ3n) is 8.87. The Morgan fingerprint density at radius 2 is 1.71 bits per heavy atom. The highest BCUT2D eigenvalue weighted by atomic mass is 19.4. The number of fused-ring (bicyclic) bond motifs is 1. The Labute approximate surface area is 196 Å². The first-order valence-corrected chi connectivity index (χ1v) is 12.2. The van der Waals surface area contributed by atoms with Crippen molar-refractivity contribution >= 4 is 5.91 Å². The Balaban J connectivity index is 1.36. The van der Waals surface area contributed by atoms with Crippen molar-refractivity contribution in [2.75, 3.05) is 6.54 Å². The summed E-state index contributed by atoms with van der Waals surface area (Å²) in [6.07, 6.45) is 2.52. The third-order valence-corrected chi connectivity index (χ3v) is 8.87. The van der Waals surface area contributed by atoms with Crippen molar-refractivity contribution in [2.24, 2.45) is 17.8 Å². The molecule has 4 saturated carbocycles. The summed E-state index contributed by atoms with van der Waals surface area (Å²) in [5.41, 5.74) is 0.153. The van der Waals surface area contributed by atoms with Gasteiger partial charge in [-0.1, -0.05) is 13.8 Å². The maximum atomic E-state index is 13.9. The Morgan fingerprint density at radius 3 is 2.29 bits per heavy atom. The van der Waals surface area contributed by atoms with Crippen LogP contribution >= 0.6 is 0 Å². The van der Waals surface area contributed by atoms with Gasteiger partial charge in [0.1, 0.15) is 0 Å². The summed E-state index contributed by atoms with van der Waals surface area (Å²) >= 11 is 0. The molecule has 4 aliphatic carbocycles. The molecular weight excluding hydrogens is 443 g/mol. The predicted octanol–water partition coefficient (Wildman–Crippen LogP) is 4.95. The lowest BCUT2D eigenvalue weighted by Gasteiger charge is -2.60. The smallest absolute Gasteiger partial charge is 0.390 e. The van der Waals surface area contributed by atoms with Gasteiger partial charge < -0.3 is 10.0 Å². The zero-order valence-corrected chi connectivity index (χ0v) is 19.5. The molecule has 0 saturated heterocycles. The van der Waals surface area contributed by atoms with Crippen LogP contribution in [0.3, 0.4) is 0 Å². The van der Waals surface area contributed by atoms with Crippen molar-refractivity contribution in [3.8, 4) is 5.69 Å². The lowest BCUT2D eigenvalue weighted by Crippen LogP contribution is -2.62. The van der Waals surface area contributed by atoms with Crippen molar-refractivity contribution in [1.82, 2.24) is 14.7 Å². The van der Waals surface area contributed by atoms with Crippen molar-refractivity contribution < 1.29 is 23.1 Å². The molecule has 5 nitrogen and oxygen atoms in total. The van der Waals surface area contributed by atoms with Gasteiger partial charge in [-0.2, -0.15) is 18.3 Å². The average Bonchev–Trinajstić information content (AvgIpc) is 3.16. The number of rotatable bonds is 2. The molecule has 3 unspecified atom stereocenters. The second kappa shape index (κ2) is 7.09. The molecule has 8 heteroatoms. The number of hydrogen-bond donors (Lipinski definition) is 1. The van der Waals surface area contributed by atoms with Gasteiger partial charge in [-0.05, 0) is 80.5 Å². The lowest BCUT2D eigenvalue weighted by molar-refractivity contribution is -0.154. The van der Waals surface area contributed by atoms with Crippen LogP contribution in [0, 0.1) is 17.8 Å². The monoisotopic (exact) mass is 473 g/mol. The molecule has 182 valence electrons. The molecule has 1 aliphatic heterocycles. The van der Waals surface area contributed by atoms with E-state index in [0.29, 0.717) is 35.5 Å². The largest absolute Gasteiger partial charge is 0.416 e. The molecule has 4 fully saturated rings. The summed E-state index contributed by atoms with van der Waals surface area (Å²) in [6.45, 7) is 4.78. The molecule has 34 heavy (non-hydrogen) atoms. The number of aromatic nitrogens is 2. The van der Waals surface area contributed by atoms with Crippen LogP contribution in [0.5, 0.6) is 0 Å². The van der Waals surface area contributed by atoms with Crippen LogP contribution in [0.2, 0.25) is 0 Å². The Bertz CT molecular complexity index is 1120. The fourth-order valence-corrected chi connectivity index (χ4v) is 7.67. The summed E-state index contributed by atoms with van der Waals surface area (Å²) in [4.78, 5) is 16.0. The topological polar surface area (TPSA) is 58.4 Å². The normalized spacial score (nSPS) is 34.3. The van der Waals surface area contributed by atoms with Crippen molar-refractivity contribution in [3.05, 3.63) is 47.3 Å². The molecular formula is C26H30F3N3O2. The van der Waals surface area contributed by atoms with E-state index in [0.717, 1.165) is 56.4 Å². The van der Waals surface area contributed by atoms with Gasteiger partial charge in [-0.25, -0.2) is 4.68 Å². The zero-order valence-electron chi connectivity index (χ0n) is 19.5. The maximum absolute atomic E-state index is 13.9. The van der Waals surface area contributed by atoms with E-state index in [1.165, 1.54) is 12.1 Å². The Hall–Kier alpha value is -2.35. The van der Waals surface area contributed by atoms with Crippen molar-refractivity contribution in [1.29, 1.82) is 0 Å². The summed E-state index contributed by atoms with van der Waals surface area (Å²) < 4.78 is 40.8. The molecule has 1 aromatic heterocycles. The Kier molecular flexibility index (Phi) is 4.62. The summed E-state index contributed by atoms with van der Waals surface area (Å²) in [7, 11) is 0. The molecule has 4 bridgehead atoms. The molecule has 5 aliphatic rings. The van der Waals surface area contributed by atoms with Gasteiger partial charge in [0.25, 0.3) is 5.91 Å². The fraction of sp³-hybridized carbons (Fsp3) is 0.615. The fourth-order valence-electron chi connectivity index (χ4n) is 7.67. The van der Waals surface area contributed by atoms with Gasteiger partial charge in [0.15, 0.2) is 0 Å². The van der Waals surface area contributed by atoms with Crippen LogP contribution in [0.25, 0.3) is 5.69 Å². The lowest BCUT2D eigenvalue weighted by atomic mass is 9.52. The first kappa shape index (κ1) is 22.1. The van der Waals surface area contributed by atoms with Gasteiger partial charge in [0.05, 0.1) is 34.3 Å². The van der Waals surface area contributed by atoms with E-state index in [4.69, 9.17) is 0 Å². The minimum absolute atomic E-state index is 0.0387. The number of halogens is 3. The van der Waals surface area contributed by atoms with Gasteiger partial charge in [0, 0.05) is 18.0 Å². The van der Waals surface area contributed by atoms with Crippen LogP contribution in [-0.4, -0.2) is 43.9 Å². The highest BCUT2D eigenvalue weighted by Gasteiger charge is 2.57. The van der Waals surface area contributed by atoms with E-state index in [-0.39, 0.29) is 17.4 Å². The van der Waals surface area contributed by atoms with Crippen LogP contribution in [0.15, 0.2) is 30.5 Å². The van der Waals surface area contributed by atoms with Gasteiger partial charge in [-0.15, -0.1) is 0 Å². The molecule has 1 aromatic carbocycles. The highest BCUT2D eigenvalue weighted by Crippen LogP contribution is 2.57. The number of nitrogens with zero attached hydrogens (tertiary/aromatic N) is 3. The van der Waals surface area contributed by atoms with Crippen molar-refractivity contribution in [2.45, 2.75) is 75.6 Å². The maximum Gasteiger partial charge on any atom is 0.416 e. The quantitative estimate of drug-likeness (QED) is 0.671. The molecule has 0 radical (unpaired) electrons. The van der Waals surface area contributed by atoms with Crippen LogP contribution in [0.4, 0.5) is 13.2 Å². The average molecular weight is 474 g/mol. The number of benzene rings is 1. The second-order valence-electron chi connectivity index (χ2n) is 11.7. The van der Waals surface area contributed by atoms with E-state index in [2.05, 4.69) is 18.9 Å². The highest BCUT2D eigenvalue weighted by molar-refractivity contribution is 5.96. The molecule has 1 N–H and O–H groups in total. The molecule has 5 atom stereocenters. The van der Waals surface area contributed by atoms with Crippen molar-refractivity contribution in [3.63, 3.8) is 0 Å². The minimum Gasteiger partial charge on any atom is -0.390 e. The summed E-state index contributed by atoms with van der Waals surface area (Å²) in [5.74, 6) is 1.18. The summed E-state index contributed by atoms with van der Waals surface area (Å²) in [5, 5.41) is 15.5. The first-order chi connectivity index (χ1) is 16.0. The van der Waals surface area contributed by atoms with E-state index in [1.807, 2.05) is 4.90 Å². The molecule has 2 aromatic rings. The number of alkyl halides is 3. The third kappa shape index (κ3) is 3.32. The number of hydrogen-bond acceptors (Lipinski definition) is 3. The zero-order chi connectivity index (χ0) is 24.0. The van der Waals surface area contributed by atoms with E-state index in [9.17, 15) is 23.1 Å². The minimum atomic E-state index is -4.40. The number of aliphatic hydroxyl groups is 1. The van der Waals surface area contributed by atoms with Gasteiger partial charge in [0.2, 0.25) is 0 Å². The second-order valence-corrected chi connectivity index (χ2v) is 11.7. The molecule has 7 rings (SSSR count). The van der Waals surface area contributed by atoms with E-state index >= 15 is 0 Å².